The highest BCUT2D eigenvalue weighted by Gasteiger charge is 2.12. The Morgan fingerprint density at radius 3 is 2.71 bits per heavy atom. The maximum Gasteiger partial charge on any atom is 0.305 e. The molecule has 0 radical (unpaired) electrons. The molecule has 0 atom stereocenters. The van der Waals surface area contributed by atoms with Crippen LogP contribution >= 0.6 is 0 Å². The average Bonchev–Trinajstić information content (AvgIpc) is 2.55. The number of rotatable bonds is 8. The number of hydrogen-bond acceptors (Lipinski definition) is 5. The zero-order valence-corrected chi connectivity index (χ0v) is 13.0. The fraction of sp³-hybridized carbons (Fsp3) is 0.312. The first-order valence-corrected chi connectivity index (χ1v) is 7.51. The van der Waals surface area contributed by atoms with Crippen molar-refractivity contribution in [2.75, 3.05) is 19.7 Å². The Morgan fingerprint density at radius 1 is 1.25 bits per heavy atom. The topological polar surface area (TPSA) is 123 Å². The number of carbonyl (C=O) groups excluding carboxylic acids is 1. The number of carboxylic acids is 1. The van der Waals surface area contributed by atoms with E-state index in [2.05, 4.69) is 5.32 Å². The molecule has 1 amide bonds. The van der Waals surface area contributed by atoms with E-state index in [1.165, 1.54) is 16.7 Å². The van der Waals surface area contributed by atoms with Crippen molar-refractivity contribution in [3.63, 3.8) is 0 Å². The van der Waals surface area contributed by atoms with Crippen molar-refractivity contribution < 1.29 is 19.4 Å². The van der Waals surface area contributed by atoms with E-state index in [0.29, 0.717) is 30.8 Å². The number of hydrogen-bond donors (Lipinski definition) is 3. The summed E-state index contributed by atoms with van der Waals surface area (Å²) in [5.41, 5.74) is 5.47. The molecule has 0 unspecified atom stereocenters. The molecule has 0 aromatic carbocycles. The normalized spacial score (nSPS) is 10.5. The summed E-state index contributed by atoms with van der Waals surface area (Å²) in [7, 11) is 0. The molecule has 0 spiro atoms. The van der Waals surface area contributed by atoms with Crippen LogP contribution in [0.25, 0.3) is 5.52 Å². The molecule has 2 aromatic rings. The summed E-state index contributed by atoms with van der Waals surface area (Å²) in [5.74, 6) is -1.13. The minimum atomic E-state index is -1.02. The van der Waals surface area contributed by atoms with Crippen LogP contribution in [-0.2, 0) is 4.79 Å². The van der Waals surface area contributed by atoms with Crippen LogP contribution < -0.4 is 21.3 Å². The molecule has 8 heteroatoms. The molecular formula is C16H19N3O5. The number of amides is 1. The molecule has 0 aliphatic carbocycles. The van der Waals surface area contributed by atoms with Gasteiger partial charge >= 0.3 is 5.97 Å². The van der Waals surface area contributed by atoms with Crippen LogP contribution in [0.2, 0.25) is 0 Å². The lowest BCUT2D eigenvalue weighted by atomic mass is 10.2. The Kier molecular flexibility index (Phi) is 5.91. The Hall–Kier alpha value is -2.87. The zero-order valence-electron chi connectivity index (χ0n) is 13.0. The minimum Gasteiger partial charge on any atom is -0.492 e. The summed E-state index contributed by atoms with van der Waals surface area (Å²) >= 11 is 0. The van der Waals surface area contributed by atoms with Gasteiger partial charge in [-0.05, 0) is 37.2 Å². The molecule has 2 rings (SSSR count). The third-order valence-corrected chi connectivity index (χ3v) is 3.31. The van der Waals surface area contributed by atoms with Gasteiger partial charge in [-0.25, -0.2) is 0 Å². The summed E-state index contributed by atoms with van der Waals surface area (Å²) in [5, 5.41) is 11.0. The van der Waals surface area contributed by atoms with E-state index in [-0.39, 0.29) is 18.5 Å². The number of aromatic nitrogens is 1. The Balaban J connectivity index is 2.22. The first-order valence-electron chi connectivity index (χ1n) is 7.51. The van der Waals surface area contributed by atoms with E-state index in [1.807, 2.05) is 0 Å². The van der Waals surface area contributed by atoms with Gasteiger partial charge in [0.05, 0.1) is 19.2 Å². The number of aliphatic carboxylic acids is 1. The van der Waals surface area contributed by atoms with E-state index in [0.717, 1.165) is 0 Å². The van der Waals surface area contributed by atoms with Crippen LogP contribution in [0.5, 0.6) is 5.75 Å². The van der Waals surface area contributed by atoms with Crippen molar-refractivity contribution in [2.45, 2.75) is 12.8 Å². The maximum absolute atomic E-state index is 12.5. The second-order valence-electron chi connectivity index (χ2n) is 5.10. The molecule has 8 nitrogen and oxygen atoms in total. The van der Waals surface area contributed by atoms with Crippen LogP contribution in [0, 0.1) is 0 Å². The molecule has 2 aromatic heterocycles. The predicted octanol–water partition coefficient (Wildman–Crippen LogP) is 0.232. The maximum atomic E-state index is 12.5. The van der Waals surface area contributed by atoms with Gasteiger partial charge in [0.15, 0.2) is 0 Å². The van der Waals surface area contributed by atoms with Crippen LogP contribution in [0.4, 0.5) is 0 Å². The van der Waals surface area contributed by atoms with Gasteiger partial charge in [-0.3, -0.25) is 18.8 Å². The van der Waals surface area contributed by atoms with E-state index >= 15 is 0 Å². The molecule has 0 saturated carbocycles. The van der Waals surface area contributed by atoms with Crippen molar-refractivity contribution in [1.29, 1.82) is 0 Å². The quantitative estimate of drug-likeness (QED) is 0.594. The van der Waals surface area contributed by atoms with Crippen LogP contribution in [0.15, 0.2) is 35.3 Å². The molecule has 2 heterocycles. The third-order valence-electron chi connectivity index (χ3n) is 3.31. The highest BCUT2D eigenvalue weighted by Crippen LogP contribution is 2.12. The minimum absolute atomic E-state index is 0.0431. The van der Waals surface area contributed by atoms with E-state index in [9.17, 15) is 14.4 Å². The van der Waals surface area contributed by atoms with Crippen molar-refractivity contribution in [3.05, 3.63) is 46.4 Å². The van der Waals surface area contributed by atoms with E-state index < -0.39 is 17.4 Å². The number of carbonyl (C=O) groups is 2. The molecule has 24 heavy (non-hydrogen) atoms. The third kappa shape index (κ3) is 4.32. The predicted molar refractivity (Wildman–Crippen MR) is 87.4 cm³/mol. The van der Waals surface area contributed by atoms with Crippen LogP contribution in [0.3, 0.4) is 0 Å². The summed E-state index contributed by atoms with van der Waals surface area (Å²) in [6, 6.07) is 6.50. The van der Waals surface area contributed by atoms with Gasteiger partial charge in [-0.1, -0.05) is 0 Å². The van der Waals surface area contributed by atoms with Gasteiger partial charge in [0.1, 0.15) is 11.3 Å². The van der Waals surface area contributed by atoms with Crippen LogP contribution in [0.1, 0.15) is 23.2 Å². The second kappa shape index (κ2) is 8.11. The molecule has 0 aliphatic heterocycles. The fourth-order valence-corrected chi connectivity index (χ4v) is 2.08. The largest absolute Gasteiger partial charge is 0.492 e. The van der Waals surface area contributed by atoms with Crippen molar-refractivity contribution >= 4 is 17.4 Å². The highest BCUT2D eigenvalue weighted by molar-refractivity contribution is 5.94. The van der Waals surface area contributed by atoms with Gasteiger partial charge in [0, 0.05) is 12.1 Å². The average molecular weight is 333 g/mol. The fourth-order valence-electron chi connectivity index (χ4n) is 2.08. The number of fused-ring (bicyclic) bond motifs is 1. The number of pyridine rings is 2. The lowest BCUT2D eigenvalue weighted by Gasteiger charge is -2.09. The van der Waals surface area contributed by atoms with Crippen molar-refractivity contribution in [1.82, 2.24) is 9.72 Å². The standard InChI is InChI=1S/C16H19N3O5/c17-7-1-9-24-12-4-2-11-3-5-13(16(23)19(11)10-12)15(22)18-8-6-14(20)21/h2-5,10H,1,6-9,17H2,(H,18,22)(H,20,21). The Morgan fingerprint density at radius 2 is 2.00 bits per heavy atom. The number of ether oxygens (including phenoxy) is 1. The van der Waals surface area contributed by atoms with Crippen LogP contribution in [-0.4, -0.2) is 41.1 Å². The SMILES string of the molecule is NCCCOc1ccc2ccc(C(=O)NCCC(=O)O)c(=O)n2c1. The molecule has 0 bridgehead atoms. The molecule has 0 aliphatic rings. The van der Waals surface area contributed by atoms with Crippen molar-refractivity contribution in [3.8, 4) is 5.75 Å². The lowest BCUT2D eigenvalue weighted by Crippen LogP contribution is -2.32. The Bertz CT molecular complexity index is 800. The highest BCUT2D eigenvalue weighted by atomic mass is 16.5. The molecule has 0 saturated heterocycles. The smallest absolute Gasteiger partial charge is 0.305 e. The van der Waals surface area contributed by atoms with Gasteiger partial charge in [-0.15, -0.1) is 0 Å². The number of carboxylic acid groups (broad SMARTS) is 1. The Labute approximate surface area is 137 Å². The summed E-state index contributed by atoms with van der Waals surface area (Å²) in [6.45, 7) is 0.902. The molecule has 0 fully saturated rings. The van der Waals surface area contributed by atoms with Gasteiger partial charge in [-0.2, -0.15) is 0 Å². The second-order valence-corrected chi connectivity index (χ2v) is 5.10. The summed E-state index contributed by atoms with van der Waals surface area (Å²) in [6.07, 6.45) is 2.00. The summed E-state index contributed by atoms with van der Waals surface area (Å²) in [4.78, 5) is 34.9. The van der Waals surface area contributed by atoms with Gasteiger partial charge in [0.2, 0.25) is 0 Å². The van der Waals surface area contributed by atoms with E-state index in [1.54, 1.807) is 18.2 Å². The number of nitrogens with zero attached hydrogens (tertiary/aromatic N) is 1. The van der Waals surface area contributed by atoms with Gasteiger partial charge in [0.25, 0.3) is 11.5 Å². The monoisotopic (exact) mass is 333 g/mol. The molecule has 4 N–H and O–H groups in total. The van der Waals surface area contributed by atoms with Gasteiger partial charge < -0.3 is 20.9 Å². The first kappa shape index (κ1) is 17.5. The zero-order chi connectivity index (χ0) is 17.5. The lowest BCUT2D eigenvalue weighted by molar-refractivity contribution is -0.136. The number of nitrogens with two attached hydrogens (primary N) is 1. The van der Waals surface area contributed by atoms with Crippen molar-refractivity contribution in [2.24, 2.45) is 5.73 Å². The van der Waals surface area contributed by atoms with E-state index in [4.69, 9.17) is 15.6 Å². The summed E-state index contributed by atoms with van der Waals surface area (Å²) < 4.78 is 6.82. The molecule has 128 valence electrons. The first-order chi connectivity index (χ1) is 11.5. The number of nitrogens with one attached hydrogen (secondary N) is 1. The molecular weight excluding hydrogens is 314 g/mol.